The maximum atomic E-state index is 13.2. The van der Waals surface area contributed by atoms with Crippen LogP contribution in [0.15, 0.2) is 42.5 Å². The molecule has 0 saturated heterocycles. The summed E-state index contributed by atoms with van der Waals surface area (Å²) in [6.07, 6.45) is 0. The lowest BCUT2D eigenvalue weighted by molar-refractivity contribution is 0.104. The maximum Gasteiger partial charge on any atom is 0.204 e. The summed E-state index contributed by atoms with van der Waals surface area (Å²) in [4.78, 5) is 13.0. The van der Waals surface area contributed by atoms with Gasteiger partial charge in [0.05, 0.1) is 14.9 Å². The van der Waals surface area contributed by atoms with Crippen LogP contribution in [0.2, 0.25) is 10.0 Å². The van der Waals surface area contributed by atoms with Gasteiger partial charge in [-0.25, -0.2) is 4.39 Å². The lowest BCUT2D eigenvalue weighted by atomic mass is 10.1. The molecule has 0 aliphatic carbocycles. The highest BCUT2D eigenvalue weighted by Gasteiger charge is 2.17. The zero-order valence-corrected chi connectivity index (χ0v) is 12.3. The van der Waals surface area contributed by atoms with Crippen LogP contribution in [0.1, 0.15) is 15.2 Å². The molecule has 2 aromatic carbocycles. The minimum atomic E-state index is -0.324. The SMILES string of the molecule is O=C(c1cc2cc(F)ccc2s1)c1cccc(Cl)c1Cl. The Labute approximate surface area is 128 Å². The topological polar surface area (TPSA) is 17.1 Å². The summed E-state index contributed by atoms with van der Waals surface area (Å²) in [6.45, 7) is 0. The van der Waals surface area contributed by atoms with Gasteiger partial charge in [-0.3, -0.25) is 4.79 Å². The van der Waals surface area contributed by atoms with E-state index >= 15 is 0 Å². The fourth-order valence-electron chi connectivity index (χ4n) is 1.94. The predicted octanol–water partition coefficient (Wildman–Crippen LogP) is 5.58. The van der Waals surface area contributed by atoms with Crippen LogP contribution in [0.5, 0.6) is 0 Å². The fourth-order valence-corrected chi connectivity index (χ4v) is 3.32. The number of thiophene rings is 1. The van der Waals surface area contributed by atoms with Crippen molar-refractivity contribution in [3.05, 3.63) is 68.8 Å². The molecule has 100 valence electrons. The molecule has 0 saturated carbocycles. The molecule has 1 nitrogen and oxygen atoms in total. The van der Waals surface area contributed by atoms with Crippen LogP contribution in [0, 0.1) is 5.82 Å². The highest BCUT2D eigenvalue weighted by molar-refractivity contribution is 7.21. The van der Waals surface area contributed by atoms with E-state index in [4.69, 9.17) is 23.2 Å². The minimum Gasteiger partial charge on any atom is -0.288 e. The van der Waals surface area contributed by atoms with Gasteiger partial charge in [0.25, 0.3) is 0 Å². The monoisotopic (exact) mass is 324 g/mol. The summed E-state index contributed by atoms with van der Waals surface area (Å²) in [5, 5.41) is 1.28. The van der Waals surface area contributed by atoms with E-state index in [0.717, 1.165) is 4.70 Å². The average molecular weight is 325 g/mol. The van der Waals surface area contributed by atoms with Gasteiger partial charge in [0.2, 0.25) is 5.78 Å². The van der Waals surface area contributed by atoms with E-state index in [1.165, 1.54) is 23.5 Å². The summed E-state index contributed by atoms with van der Waals surface area (Å²) < 4.78 is 14.0. The lowest BCUT2D eigenvalue weighted by Gasteiger charge is -2.02. The zero-order valence-electron chi connectivity index (χ0n) is 9.99. The Kier molecular flexibility index (Phi) is 3.50. The molecule has 0 spiro atoms. The molecule has 3 aromatic rings. The Hall–Kier alpha value is -1.42. The van der Waals surface area contributed by atoms with E-state index in [9.17, 15) is 9.18 Å². The van der Waals surface area contributed by atoms with Crippen LogP contribution >= 0.6 is 34.5 Å². The van der Waals surface area contributed by atoms with Gasteiger partial charge in [-0.05, 0) is 41.8 Å². The molecule has 0 N–H and O–H groups in total. The molecular formula is C15H7Cl2FOS. The second-order valence-electron chi connectivity index (χ2n) is 4.22. The summed E-state index contributed by atoms with van der Waals surface area (Å²) in [7, 11) is 0. The molecule has 0 unspecified atom stereocenters. The van der Waals surface area contributed by atoms with Crippen molar-refractivity contribution < 1.29 is 9.18 Å². The Morgan fingerprint density at radius 2 is 1.90 bits per heavy atom. The zero-order chi connectivity index (χ0) is 14.3. The van der Waals surface area contributed by atoms with Crippen molar-refractivity contribution in [1.82, 2.24) is 0 Å². The van der Waals surface area contributed by atoms with Crippen molar-refractivity contribution in [3.63, 3.8) is 0 Å². The van der Waals surface area contributed by atoms with Gasteiger partial charge in [0, 0.05) is 10.3 Å². The van der Waals surface area contributed by atoms with E-state index < -0.39 is 0 Å². The van der Waals surface area contributed by atoms with Crippen molar-refractivity contribution in [1.29, 1.82) is 0 Å². The Morgan fingerprint density at radius 3 is 2.70 bits per heavy atom. The first-order valence-corrected chi connectivity index (χ1v) is 7.31. The van der Waals surface area contributed by atoms with E-state index in [1.807, 2.05) is 0 Å². The Balaban J connectivity index is 2.10. The average Bonchev–Trinajstić information content (AvgIpc) is 2.84. The van der Waals surface area contributed by atoms with E-state index in [2.05, 4.69) is 0 Å². The second-order valence-corrected chi connectivity index (χ2v) is 6.09. The first kappa shape index (κ1) is 13.6. The highest BCUT2D eigenvalue weighted by atomic mass is 35.5. The first-order valence-electron chi connectivity index (χ1n) is 5.74. The number of hydrogen-bond donors (Lipinski definition) is 0. The molecule has 1 heterocycles. The number of halogens is 3. The molecule has 0 bridgehead atoms. The van der Waals surface area contributed by atoms with Gasteiger partial charge in [-0.15, -0.1) is 11.3 Å². The van der Waals surface area contributed by atoms with Gasteiger partial charge in [-0.2, -0.15) is 0 Å². The molecule has 0 amide bonds. The normalized spacial score (nSPS) is 10.9. The first-order chi connectivity index (χ1) is 9.56. The van der Waals surface area contributed by atoms with Gasteiger partial charge in [0.15, 0.2) is 0 Å². The molecule has 0 atom stereocenters. The smallest absolute Gasteiger partial charge is 0.204 e. The molecule has 0 radical (unpaired) electrons. The van der Waals surface area contributed by atoms with E-state index in [-0.39, 0.29) is 16.6 Å². The van der Waals surface area contributed by atoms with Gasteiger partial charge < -0.3 is 0 Å². The molecule has 20 heavy (non-hydrogen) atoms. The maximum absolute atomic E-state index is 13.2. The molecule has 0 aliphatic heterocycles. The molecule has 0 fully saturated rings. The van der Waals surface area contributed by atoms with Crippen LogP contribution in [0.3, 0.4) is 0 Å². The summed E-state index contributed by atoms with van der Waals surface area (Å²) in [6, 6.07) is 11.0. The molecule has 1 aromatic heterocycles. The van der Waals surface area contributed by atoms with Gasteiger partial charge >= 0.3 is 0 Å². The number of fused-ring (bicyclic) bond motifs is 1. The van der Waals surface area contributed by atoms with Crippen molar-refractivity contribution in [2.24, 2.45) is 0 Å². The predicted molar refractivity (Wildman–Crippen MR) is 81.7 cm³/mol. The van der Waals surface area contributed by atoms with Crippen molar-refractivity contribution in [2.45, 2.75) is 0 Å². The molecule has 5 heteroatoms. The van der Waals surface area contributed by atoms with Crippen LogP contribution in [-0.4, -0.2) is 5.78 Å². The fraction of sp³-hybridized carbons (Fsp3) is 0. The summed E-state index contributed by atoms with van der Waals surface area (Å²) >= 11 is 13.3. The molecule has 3 rings (SSSR count). The number of ketones is 1. The van der Waals surface area contributed by atoms with Crippen molar-refractivity contribution >= 4 is 50.4 Å². The quantitative estimate of drug-likeness (QED) is 0.562. The summed E-state index contributed by atoms with van der Waals surface area (Å²) in [5.41, 5.74) is 0.353. The lowest BCUT2D eigenvalue weighted by Crippen LogP contribution is -1.99. The Bertz CT molecular complexity index is 826. The number of benzene rings is 2. The third kappa shape index (κ3) is 2.33. The molecule has 0 aliphatic rings. The number of hydrogen-bond acceptors (Lipinski definition) is 2. The number of rotatable bonds is 2. The highest BCUT2D eigenvalue weighted by Crippen LogP contribution is 2.32. The largest absolute Gasteiger partial charge is 0.288 e. The van der Waals surface area contributed by atoms with Gasteiger partial charge in [0.1, 0.15) is 5.82 Å². The van der Waals surface area contributed by atoms with Crippen LogP contribution < -0.4 is 0 Å². The number of carbonyl (C=O) groups is 1. The van der Waals surface area contributed by atoms with Crippen LogP contribution in [0.4, 0.5) is 4.39 Å². The van der Waals surface area contributed by atoms with E-state index in [1.54, 1.807) is 30.3 Å². The Morgan fingerprint density at radius 1 is 1.10 bits per heavy atom. The van der Waals surface area contributed by atoms with Gasteiger partial charge in [-0.1, -0.05) is 29.3 Å². The van der Waals surface area contributed by atoms with Crippen molar-refractivity contribution in [2.75, 3.05) is 0 Å². The third-order valence-corrected chi connectivity index (χ3v) is 4.83. The number of carbonyl (C=O) groups excluding carboxylic acids is 1. The third-order valence-electron chi connectivity index (χ3n) is 2.90. The second kappa shape index (κ2) is 5.17. The molecular weight excluding hydrogens is 318 g/mol. The minimum absolute atomic E-state index is 0.209. The van der Waals surface area contributed by atoms with Crippen LogP contribution in [-0.2, 0) is 0 Å². The summed E-state index contributed by atoms with van der Waals surface area (Å²) in [5.74, 6) is -0.533. The van der Waals surface area contributed by atoms with Crippen molar-refractivity contribution in [3.8, 4) is 0 Å². The van der Waals surface area contributed by atoms with Crippen LogP contribution in [0.25, 0.3) is 10.1 Å². The standard InChI is InChI=1S/C15H7Cl2FOS/c16-11-3-1-2-10(14(11)17)15(19)13-7-8-6-9(18)4-5-12(8)20-13/h1-7H. The van der Waals surface area contributed by atoms with E-state index in [0.29, 0.717) is 20.8 Å².